The van der Waals surface area contributed by atoms with E-state index in [9.17, 15) is 9.59 Å². The normalized spacial score (nSPS) is 14.2. The van der Waals surface area contributed by atoms with Gasteiger partial charge in [0.1, 0.15) is 5.69 Å². The summed E-state index contributed by atoms with van der Waals surface area (Å²) >= 11 is 12.7. The molecule has 3 aromatic carbocycles. The number of pyridine rings is 1. The van der Waals surface area contributed by atoms with Crippen molar-refractivity contribution in [3.63, 3.8) is 0 Å². The van der Waals surface area contributed by atoms with Gasteiger partial charge in [0.2, 0.25) is 5.89 Å². The molecule has 4 aromatic heterocycles. The number of nitrogens with one attached hydrogen (secondary N) is 3. The van der Waals surface area contributed by atoms with Crippen LogP contribution in [-0.2, 0) is 0 Å². The van der Waals surface area contributed by atoms with Crippen LogP contribution < -0.4 is 16.0 Å². The van der Waals surface area contributed by atoms with Gasteiger partial charge in [-0.2, -0.15) is 0 Å². The van der Waals surface area contributed by atoms with E-state index < -0.39 is 5.76 Å². The summed E-state index contributed by atoms with van der Waals surface area (Å²) < 4.78 is 7.31. The number of carbonyl (C=O) groups excluding carboxylic acids is 1. The molecular weight excluding hydrogens is 687 g/mol. The van der Waals surface area contributed by atoms with Gasteiger partial charge in [0.05, 0.1) is 29.4 Å². The molecule has 256 valence electrons. The predicted octanol–water partition coefficient (Wildman–Crippen LogP) is 8.32. The molecule has 8 rings (SSSR count). The monoisotopic (exact) mass is 718 g/mol. The number of halogens is 2. The Morgan fingerprint density at radius 2 is 1.73 bits per heavy atom. The second kappa shape index (κ2) is 13.6. The fourth-order valence-corrected chi connectivity index (χ4v) is 7.18. The zero-order valence-electron chi connectivity index (χ0n) is 27.4. The Morgan fingerprint density at radius 1 is 0.961 bits per heavy atom. The van der Waals surface area contributed by atoms with Gasteiger partial charge < -0.3 is 24.2 Å². The van der Waals surface area contributed by atoms with Crippen LogP contribution in [0.4, 0.5) is 11.5 Å². The lowest BCUT2D eigenvalue weighted by atomic mass is 9.97. The van der Waals surface area contributed by atoms with E-state index in [0.717, 1.165) is 27.9 Å². The van der Waals surface area contributed by atoms with Crippen LogP contribution in [0.1, 0.15) is 53.7 Å². The highest BCUT2D eigenvalue weighted by molar-refractivity contribution is 6.31. The molecular formula is C38H32Cl2N8O3. The van der Waals surface area contributed by atoms with Gasteiger partial charge in [0.15, 0.2) is 5.82 Å². The van der Waals surface area contributed by atoms with Crippen LogP contribution in [0.2, 0.25) is 10.0 Å². The molecule has 7 aromatic rings. The number of imidazole rings is 1. The van der Waals surface area contributed by atoms with E-state index >= 15 is 0 Å². The molecule has 1 amide bonds. The number of hydrogen-bond donors (Lipinski definition) is 3. The Kier molecular flexibility index (Phi) is 8.66. The highest BCUT2D eigenvalue weighted by Gasteiger charge is 2.30. The number of aromatic amines is 2. The lowest BCUT2D eigenvalue weighted by molar-refractivity contribution is 0.102. The van der Waals surface area contributed by atoms with Gasteiger partial charge in [-0.15, -0.1) is 5.10 Å². The predicted molar refractivity (Wildman–Crippen MR) is 199 cm³/mol. The molecule has 1 aliphatic rings. The van der Waals surface area contributed by atoms with Crippen molar-refractivity contribution < 1.29 is 9.21 Å². The third-order valence-electron chi connectivity index (χ3n) is 9.47. The number of aromatic nitrogens is 6. The molecule has 51 heavy (non-hydrogen) atoms. The zero-order chi connectivity index (χ0) is 35.1. The van der Waals surface area contributed by atoms with Crippen molar-refractivity contribution >= 4 is 51.5 Å². The van der Waals surface area contributed by atoms with Gasteiger partial charge in [-0.25, -0.2) is 19.9 Å². The quantitative estimate of drug-likeness (QED) is 0.144. The van der Waals surface area contributed by atoms with Crippen molar-refractivity contribution in [3.8, 4) is 22.5 Å². The summed E-state index contributed by atoms with van der Waals surface area (Å²) in [4.78, 5) is 41.2. The second-order valence-corrected chi connectivity index (χ2v) is 13.4. The van der Waals surface area contributed by atoms with Crippen molar-refractivity contribution in [3.05, 3.63) is 135 Å². The summed E-state index contributed by atoms with van der Waals surface area (Å²) in [6, 6.07) is 26.7. The first kappa shape index (κ1) is 32.5. The Labute approximate surface area is 302 Å². The largest absolute Gasteiger partial charge is 0.434 e. The molecule has 3 N–H and O–H groups in total. The minimum absolute atomic E-state index is 0.0154. The first-order chi connectivity index (χ1) is 24.8. The molecule has 13 heteroatoms. The van der Waals surface area contributed by atoms with E-state index in [0.29, 0.717) is 70.1 Å². The number of hydrogen-bond acceptors (Lipinski definition) is 7. The molecule has 1 fully saturated rings. The Balaban J connectivity index is 1.20. The van der Waals surface area contributed by atoms with Gasteiger partial charge >= 0.3 is 5.76 Å². The summed E-state index contributed by atoms with van der Waals surface area (Å²) in [6.07, 6.45) is 4.96. The molecule has 5 heterocycles. The molecule has 1 saturated heterocycles. The van der Waals surface area contributed by atoms with E-state index in [-0.39, 0.29) is 17.9 Å². The molecule has 0 spiro atoms. The van der Waals surface area contributed by atoms with E-state index in [2.05, 4.69) is 41.9 Å². The number of amides is 1. The first-order valence-electron chi connectivity index (χ1n) is 16.6. The Hall–Kier alpha value is -5.65. The summed E-state index contributed by atoms with van der Waals surface area (Å²) in [6.45, 7) is 3.37. The fraction of sp³-hybridized carbons (Fsp3) is 0.184. The average Bonchev–Trinajstić information content (AvgIpc) is 3.89. The number of rotatable bonds is 8. The number of fused-ring (bicyclic) bond motifs is 1. The van der Waals surface area contributed by atoms with Crippen LogP contribution in [0, 0.1) is 0 Å². The van der Waals surface area contributed by atoms with Crippen molar-refractivity contribution in [2.75, 3.05) is 23.3 Å². The SMILES string of the molecule is C[C@@H](c1ccc(Cl)cc1)n1cnc(-c2ccccc2)c1-c1c(C(=O)Nc2cccnc2N2CCC(c3n[nH]c(=O)o3)CC2)[nH]c2cc(Cl)ccc12. The summed E-state index contributed by atoms with van der Waals surface area (Å²) in [5, 5.41) is 11.6. The fourth-order valence-electron chi connectivity index (χ4n) is 6.88. The Morgan fingerprint density at radius 3 is 2.47 bits per heavy atom. The third kappa shape index (κ3) is 6.30. The topological polar surface area (TPSA) is 138 Å². The van der Waals surface area contributed by atoms with Crippen molar-refractivity contribution in [1.82, 2.24) is 29.7 Å². The zero-order valence-corrected chi connectivity index (χ0v) is 28.9. The molecule has 1 aliphatic heterocycles. The van der Waals surface area contributed by atoms with Crippen molar-refractivity contribution in [2.45, 2.75) is 31.7 Å². The molecule has 11 nitrogen and oxygen atoms in total. The number of anilines is 2. The summed E-state index contributed by atoms with van der Waals surface area (Å²) in [5.74, 6) is 0.187. The van der Waals surface area contributed by atoms with Gasteiger partial charge in [-0.1, -0.05) is 71.7 Å². The average molecular weight is 720 g/mol. The van der Waals surface area contributed by atoms with E-state index in [1.807, 2.05) is 85.2 Å². The van der Waals surface area contributed by atoms with Crippen LogP contribution in [0.15, 0.2) is 107 Å². The molecule has 1 atom stereocenters. The van der Waals surface area contributed by atoms with Gasteiger partial charge in [-0.3, -0.25) is 4.79 Å². The highest BCUT2D eigenvalue weighted by atomic mass is 35.5. The highest BCUT2D eigenvalue weighted by Crippen LogP contribution is 2.42. The maximum absolute atomic E-state index is 14.6. The first-order valence-corrected chi connectivity index (χ1v) is 17.4. The molecule has 0 bridgehead atoms. The molecule has 0 unspecified atom stereocenters. The number of H-pyrrole nitrogens is 2. The maximum Gasteiger partial charge on any atom is 0.434 e. The molecule has 0 aliphatic carbocycles. The van der Waals surface area contributed by atoms with Gasteiger partial charge in [-0.05, 0) is 61.7 Å². The molecule has 0 saturated carbocycles. The maximum atomic E-state index is 14.6. The number of nitrogens with zero attached hydrogens (tertiary/aromatic N) is 5. The minimum atomic E-state index is -0.556. The minimum Gasteiger partial charge on any atom is -0.392 e. The van der Waals surface area contributed by atoms with E-state index in [1.165, 1.54) is 0 Å². The van der Waals surface area contributed by atoms with Crippen LogP contribution in [0.25, 0.3) is 33.4 Å². The smallest absolute Gasteiger partial charge is 0.392 e. The Bertz CT molecular complexity index is 2410. The van der Waals surface area contributed by atoms with E-state index in [4.69, 9.17) is 32.6 Å². The number of piperidine rings is 1. The van der Waals surface area contributed by atoms with Crippen molar-refractivity contribution in [1.29, 1.82) is 0 Å². The molecule has 0 radical (unpaired) electrons. The summed E-state index contributed by atoms with van der Waals surface area (Å²) in [7, 11) is 0. The van der Waals surface area contributed by atoms with Crippen LogP contribution in [0.5, 0.6) is 0 Å². The van der Waals surface area contributed by atoms with Crippen LogP contribution in [-0.4, -0.2) is 48.7 Å². The second-order valence-electron chi connectivity index (χ2n) is 12.5. The van der Waals surface area contributed by atoms with Gasteiger partial charge in [0, 0.05) is 57.3 Å². The standard InChI is InChI=1S/C38H32Cl2N8O3/c1-22(23-9-11-26(39)12-10-23)48-21-42-32(24-6-3-2-4-7-24)34(48)31-28-14-13-27(40)20-30(28)43-33(31)36(49)44-29-8-5-17-41-35(29)47-18-15-25(16-19-47)37-45-46-38(50)51-37/h2-14,17,20-22,25,43H,15-16,18-19H2,1H3,(H,44,49)(H,46,50)/t22-/m0/s1. The summed E-state index contributed by atoms with van der Waals surface area (Å²) in [5.41, 5.74) is 5.80. The van der Waals surface area contributed by atoms with Crippen LogP contribution in [0.3, 0.4) is 0 Å². The van der Waals surface area contributed by atoms with E-state index in [1.54, 1.807) is 12.3 Å². The van der Waals surface area contributed by atoms with Crippen molar-refractivity contribution in [2.24, 2.45) is 0 Å². The number of benzene rings is 3. The lowest BCUT2D eigenvalue weighted by Gasteiger charge is -2.32. The van der Waals surface area contributed by atoms with Crippen LogP contribution >= 0.6 is 23.2 Å². The van der Waals surface area contributed by atoms with Gasteiger partial charge in [0.25, 0.3) is 5.91 Å². The number of carbonyl (C=O) groups is 1. The third-order valence-corrected chi connectivity index (χ3v) is 9.96. The lowest BCUT2D eigenvalue weighted by Crippen LogP contribution is -2.34.